The SMILES string of the molecule is C=CCC[C@@H](N[S+]([O-])C(C)(C)C)c1c(F)ncc(Cl)c1Br. The van der Waals surface area contributed by atoms with E-state index in [1.807, 2.05) is 20.8 Å². The standard InChI is InChI=1S/C14H19BrClFN2OS/c1-5-6-7-10(19-21(20)14(2,3)4)11-12(15)9(16)8-18-13(11)17/h5,8,10,19H,1,6-7H2,2-4H3/t10-,21?/m1/s1. The van der Waals surface area contributed by atoms with E-state index in [4.69, 9.17) is 11.6 Å². The minimum Gasteiger partial charge on any atom is -0.598 e. The third kappa shape index (κ3) is 5.21. The molecular weight excluding hydrogens is 379 g/mol. The molecule has 0 aliphatic rings. The van der Waals surface area contributed by atoms with Crippen molar-refractivity contribution < 1.29 is 8.94 Å². The number of hydrogen-bond acceptors (Lipinski definition) is 3. The summed E-state index contributed by atoms with van der Waals surface area (Å²) >= 11 is 7.94. The van der Waals surface area contributed by atoms with Crippen molar-refractivity contribution in [3.63, 3.8) is 0 Å². The molecule has 1 aromatic rings. The monoisotopic (exact) mass is 396 g/mol. The Labute approximate surface area is 141 Å². The zero-order chi connectivity index (χ0) is 16.2. The van der Waals surface area contributed by atoms with Crippen molar-refractivity contribution in [1.29, 1.82) is 0 Å². The second kappa shape index (κ2) is 7.92. The first-order valence-electron chi connectivity index (χ1n) is 6.46. The molecule has 1 aromatic heterocycles. The number of aromatic nitrogens is 1. The Hall–Kier alpha value is -0.140. The van der Waals surface area contributed by atoms with Crippen LogP contribution < -0.4 is 4.72 Å². The molecule has 118 valence electrons. The number of hydrogen-bond donors (Lipinski definition) is 1. The van der Waals surface area contributed by atoms with Gasteiger partial charge in [-0.05, 0) is 49.5 Å². The molecule has 2 atom stereocenters. The van der Waals surface area contributed by atoms with E-state index in [-0.39, 0.29) is 0 Å². The lowest BCUT2D eigenvalue weighted by Gasteiger charge is -2.28. The first-order valence-corrected chi connectivity index (χ1v) is 8.79. The van der Waals surface area contributed by atoms with Gasteiger partial charge in [-0.1, -0.05) is 17.7 Å². The van der Waals surface area contributed by atoms with Crippen LogP contribution in [0.3, 0.4) is 0 Å². The molecule has 1 heterocycles. The second-order valence-corrected chi connectivity index (χ2v) is 8.74. The molecule has 0 saturated carbocycles. The molecule has 0 saturated heterocycles. The maximum absolute atomic E-state index is 14.1. The van der Waals surface area contributed by atoms with Gasteiger partial charge in [-0.3, -0.25) is 0 Å². The summed E-state index contributed by atoms with van der Waals surface area (Å²) in [5.74, 6) is -0.626. The molecule has 0 fully saturated rings. The maximum Gasteiger partial charge on any atom is 0.219 e. The van der Waals surface area contributed by atoms with Crippen molar-refractivity contribution in [1.82, 2.24) is 9.71 Å². The summed E-state index contributed by atoms with van der Waals surface area (Å²) in [6, 6.07) is -0.469. The first kappa shape index (κ1) is 18.9. The highest BCUT2D eigenvalue weighted by molar-refractivity contribution is 9.10. The molecule has 1 unspecified atom stereocenters. The molecule has 3 nitrogen and oxygen atoms in total. The van der Waals surface area contributed by atoms with Gasteiger partial charge in [-0.15, -0.1) is 11.3 Å². The second-order valence-electron chi connectivity index (χ2n) is 5.54. The Balaban J connectivity index is 3.14. The summed E-state index contributed by atoms with van der Waals surface area (Å²) in [6.45, 7) is 9.21. The maximum atomic E-state index is 14.1. The van der Waals surface area contributed by atoms with Gasteiger partial charge in [0, 0.05) is 27.6 Å². The lowest BCUT2D eigenvalue weighted by Crippen LogP contribution is -2.41. The minimum atomic E-state index is -1.34. The lowest BCUT2D eigenvalue weighted by molar-refractivity contribution is 0.487. The van der Waals surface area contributed by atoms with Crippen LogP contribution in [0, 0.1) is 5.95 Å². The molecule has 0 radical (unpaired) electrons. The van der Waals surface area contributed by atoms with Gasteiger partial charge in [-0.25, -0.2) is 4.98 Å². The van der Waals surface area contributed by atoms with Crippen LogP contribution in [0.15, 0.2) is 23.3 Å². The van der Waals surface area contributed by atoms with Crippen molar-refractivity contribution in [3.05, 3.63) is 39.9 Å². The number of nitrogens with zero attached hydrogens (tertiary/aromatic N) is 1. The average Bonchev–Trinajstić information content (AvgIpc) is 2.39. The van der Waals surface area contributed by atoms with E-state index in [9.17, 15) is 8.94 Å². The molecule has 0 aromatic carbocycles. The van der Waals surface area contributed by atoms with E-state index in [0.717, 1.165) is 0 Å². The van der Waals surface area contributed by atoms with Crippen molar-refractivity contribution >= 4 is 38.9 Å². The summed E-state index contributed by atoms with van der Waals surface area (Å²) in [6.07, 6.45) is 4.18. The third-order valence-electron chi connectivity index (χ3n) is 2.77. The van der Waals surface area contributed by atoms with Gasteiger partial charge in [-0.2, -0.15) is 4.39 Å². The number of pyridine rings is 1. The smallest absolute Gasteiger partial charge is 0.219 e. The van der Waals surface area contributed by atoms with Gasteiger partial charge >= 0.3 is 0 Å². The van der Waals surface area contributed by atoms with Gasteiger partial charge in [0.25, 0.3) is 0 Å². The van der Waals surface area contributed by atoms with E-state index >= 15 is 0 Å². The average molecular weight is 398 g/mol. The van der Waals surface area contributed by atoms with Crippen molar-refractivity contribution in [2.75, 3.05) is 0 Å². The topological polar surface area (TPSA) is 48.0 Å². The summed E-state index contributed by atoms with van der Waals surface area (Å²) in [4.78, 5) is 3.64. The van der Waals surface area contributed by atoms with Gasteiger partial charge in [0.2, 0.25) is 5.95 Å². The molecule has 1 N–H and O–H groups in total. The van der Waals surface area contributed by atoms with E-state index in [1.165, 1.54) is 6.20 Å². The first-order chi connectivity index (χ1) is 9.68. The molecule has 0 aliphatic heterocycles. The van der Waals surface area contributed by atoms with Gasteiger partial charge < -0.3 is 4.55 Å². The molecule has 1 rings (SSSR count). The zero-order valence-corrected chi connectivity index (χ0v) is 15.4. The van der Waals surface area contributed by atoms with Crippen LogP contribution in [0.1, 0.15) is 45.2 Å². The molecule has 0 aliphatic carbocycles. The fourth-order valence-electron chi connectivity index (χ4n) is 1.61. The Morgan fingerprint density at radius 2 is 2.24 bits per heavy atom. The van der Waals surface area contributed by atoms with Gasteiger partial charge in [0.15, 0.2) is 0 Å². The molecule has 21 heavy (non-hydrogen) atoms. The van der Waals surface area contributed by atoms with Gasteiger partial charge in [0.1, 0.15) is 4.75 Å². The highest BCUT2D eigenvalue weighted by Crippen LogP contribution is 2.34. The Morgan fingerprint density at radius 3 is 2.76 bits per heavy atom. The summed E-state index contributed by atoms with van der Waals surface area (Å²) in [5, 5.41) is 0.318. The molecular formula is C14H19BrClFN2OS. The summed E-state index contributed by atoms with van der Waals surface area (Å²) in [7, 11) is 0. The van der Waals surface area contributed by atoms with Crippen LogP contribution in [0.4, 0.5) is 4.39 Å². The van der Waals surface area contributed by atoms with E-state index < -0.39 is 28.1 Å². The van der Waals surface area contributed by atoms with Crippen LogP contribution in [-0.4, -0.2) is 14.3 Å². The van der Waals surface area contributed by atoms with Crippen LogP contribution in [0.2, 0.25) is 5.02 Å². The fourth-order valence-corrected chi connectivity index (χ4v) is 3.15. The number of allylic oxidation sites excluding steroid dienone is 1. The van der Waals surface area contributed by atoms with Crippen LogP contribution in [0.5, 0.6) is 0 Å². The van der Waals surface area contributed by atoms with Crippen LogP contribution >= 0.6 is 27.5 Å². The highest BCUT2D eigenvalue weighted by Gasteiger charge is 2.32. The number of rotatable bonds is 6. The molecule has 0 spiro atoms. The van der Waals surface area contributed by atoms with Gasteiger partial charge in [0.05, 0.1) is 11.1 Å². The molecule has 7 heteroatoms. The number of nitrogens with one attached hydrogen (secondary N) is 1. The number of halogens is 3. The fraction of sp³-hybridized carbons (Fsp3) is 0.500. The van der Waals surface area contributed by atoms with Crippen molar-refractivity contribution in [2.24, 2.45) is 0 Å². The Bertz CT molecular complexity index is 510. The Kier molecular flexibility index (Phi) is 7.13. The Morgan fingerprint density at radius 1 is 1.62 bits per heavy atom. The van der Waals surface area contributed by atoms with Crippen molar-refractivity contribution in [2.45, 2.75) is 44.4 Å². The van der Waals surface area contributed by atoms with E-state index in [2.05, 4.69) is 32.2 Å². The quantitative estimate of drug-likeness (QED) is 0.430. The van der Waals surface area contributed by atoms with E-state index in [0.29, 0.717) is 27.9 Å². The van der Waals surface area contributed by atoms with E-state index in [1.54, 1.807) is 6.08 Å². The normalized spacial score (nSPS) is 14.8. The predicted molar refractivity (Wildman–Crippen MR) is 90.1 cm³/mol. The summed E-state index contributed by atoms with van der Waals surface area (Å²) in [5.41, 5.74) is 0.293. The summed E-state index contributed by atoms with van der Waals surface area (Å²) < 4.78 is 29.3. The van der Waals surface area contributed by atoms with Crippen LogP contribution in [-0.2, 0) is 11.4 Å². The largest absolute Gasteiger partial charge is 0.598 e. The van der Waals surface area contributed by atoms with Crippen LogP contribution in [0.25, 0.3) is 0 Å². The molecule has 0 amide bonds. The third-order valence-corrected chi connectivity index (χ3v) is 5.75. The predicted octanol–water partition coefficient (Wildman–Crippen LogP) is 4.70. The highest BCUT2D eigenvalue weighted by atomic mass is 79.9. The van der Waals surface area contributed by atoms with Crippen molar-refractivity contribution in [3.8, 4) is 0 Å². The lowest BCUT2D eigenvalue weighted by atomic mass is 10.0. The zero-order valence-electron chi connectivity index (χ0n) is 12.3. The molecule has 0 bridgehead atoms. The minimum absolute atomic E-state index is 0.293.